The first-order valence-electron chi connectivity index (χ1n) is 3.92. The maximum Gasteiger partial charge on any atom is 0.138 e. The highest BCUT2D eigenvalue weighted by molar-refractivity contribution is 9.10. The third-order valence-corrected chi connectivity index (χ3v) is 2.29. The van der Waals surface area contributed by atoms with Crippen LogP contribution in [0.1, 0.15) is 12.5 Å². The Bertz CT molecular complexity index is 406. The minimum absolute atomic E-state index is 0.885. The summed E-state index contributed by atoms with van der Waals surface area (Å²) in [6, 6.07) is 4.21. The fourth-order valence-electron chi connectivity index (χ4n) is 1.21. The smallest absolute Gasteiger partial charge is 0.138 e. The molecule has 0 aliphatic rings. The van der Waals surface area contributed by atoms with Crippen molar-refractivity contribution >= 4 is 21.6 Å². The number of imidazole rings is 1. The Morgan fingerprint density at radius 1 is 1.58 bits per heavy atom. The molecule has 0 amide bonds. The number of halogens is 1. The standard InChI is InChI=1S/C9H9BrN2/c1-2-7-3-4-12-6-8(10)11-9(12)5-7/h3-6H,2H2,1H3. The number of nitrogens with zero attached hydrogens (tertiary/aromatic N) is 2. The molecular formula is C9H9BrN2. The van der Waals surface area contributed by atoms with Gasteiger partial charge in [-0.3, -0.25) is 0 Å². The number of aromatic nitrogens is 2. The largest absolute Gasteiger partial charge is 0.306 e. The lowest BCUT2D eigenvalue weighted by Crippen LogP contribution is -1.85. The Labute approximate surface area is 79.4 Å². The Hall–Kier alpha value is -0.830. The lowest BCUT2D eigenvalue weighted by molar-refractivity contribution is 1.10. The number of aryl methyl sites for hydroxylation is 1. The third-order valence-electron chi connectivity index (χ3n) is 1.90. The van der Waals surface area contributed by atoms with Crippen LogP contribution in [0.5, 0.6) is 0 Å². The molecule has 2 nitrogen and oxygen atoms in total. The van der Waals surface area contributed by atoms with Crippen LogP contribution in [0.4, 0.5) is 0 Å². The number of hydrogen-bond acceptors (Lipinski definition) is 1. The average Bonchev–Trinajstić information content (AvgIpc) is 2.43. The molecule has 0 aromatic carbocycles. The second-order valence-electron chi connectivity index (χ2n) is 2.72. The van der Waals surface area contributed by atoms with E-state index in [0.29, 0.717) is 0 Å². The van der Waals surface area contributed by atoms with Crippen LogP contribution in [0, 0.1) is 0 Å². The Balaban J connectivity index is 2.66. The van der Waals surface area contributed by atoms with Crippen molar-refractivity contribution in [2.75, 3.05) is 0 Å². The molecule has 2 aromatic rings. The Morgan fingerprint density at radius 3 is 3.17 bits per heavy atom. The summed E-state index contributed by atoms with van der Waals surface area (Å²) in [7, 11) is 0. The van der Waals surface area contributed by atoms with Crippen LogP contribution in [0.25, 0.3) is 5.65 Å². The summed E-state index contributed by atoms with van der Waals surface area (Å²) < 4.78 is 2.89. The third kappa shape index (κ3) is 1.25. The van der Waals surface area contributed by atoms with Crippen molar-refractivity contribution in [1.82, 2.24) is 9.38 Å². The van der Waals surface area contributed by atoms with Gasteiger partial charge in [-0.2, -0.15) is 0 Å². The molecule has 0 fully saturated rings. The SMILES string of the molecule is CCc1ccn2cc(Br)nc2c1. The maximum atomic E-state index is 4.30. The van der Waals surface area contributed by atoms with Crippen LogP contribution < -0.4 is 0 Å². The molecule has 0 unspecified atom stereocenters. The summed E-state index contributed by atoms with van der Waals surface area (Å²) in [6.45, 7) is 2.14. The van der Waals surface area contributed by atoms with Gasteiger partial charge in [-0.05, 0) is 40.0 Å². The molecule has 0 aliphatic heterocycles. The second-order valence-corrected chi connectivity index (χ2v) is 3.53. The summed E-state index contributed by atoms with van der Waals surface area (Å²) >= 11 is 3.34. The van der Waals surface area contributed by atoms with Gasteiger partial charge in [0.1, 0.15) is 10.3 Å². The highest BCUT2D eigenvalue weighted by Crippen LogP contribution is 2.12. The fraction of sp³-hybridized carbons (Fsp3) is 0.222. The van der Waals surface area contributed by atoms with E-state index in [-0.39, 0.29) is 0 Å². The summed E-state index contributed by atoms with van der Waals surface area (Å²) in [5.41, 5.74) is 2.32. The Morgan fingerprint density at radius 2 is 2.42 bits per heavy atom. The zero-order valence-electron chi connectivity index (χ0n) is 6.79. The molecule has 2 heterocycles. The topological polar surface area (TPSA) is 17.3 Å². The van der Waals surface area contributed by atoms with E-state index in [9.17, 15) is 0 Å². The summed E-state index contributed by atoms with van der Waals surface area (Å²) in [4.78, 5) is 4.30. The lowest BCUT2D eigenvalue weighted by Gasteiger charge is -1.96. The van der Waals surface area contributed by atoms with Crippen LogP contribution in [-0.4, -0.2) is 9.38 Å². The van der Waals surface area contributed by atoms with E-state index in [4.69, 9.17) is 0 Å². The molecule has 2 rings (SSSR count). The number of hydrogen-bond donors (Lipinski definition) is 0. The van der Waals surface area contributed by atoms with Crippen molar-refractivity contribution < 1.29 is 0 Å². The first-order chi connectivity index (χ1) is 5.79. The van der Waals surface area contributed by atoms with E-state index in [1.54, 1.807) is 0 Å². The van der Waals surface area contributed by atoms with Gasteiger partial charge < -0.3 is 4.40 Å². The molecule has 0 atom stereocenters. The van der Waals surface area contributed by atoms with E-state index in [0.717, 1.165) is 16.7 Å². The van der Waals surface area contributed by atoms with E-state index in [2.05, 4.69) is 40.0 Å². The summed E-state index contributed by atoms with van der Waals surface area (Å²) in [5.74, 6) is 0. The fourth-order valence-corrected chi connectivity index (χ4v) is 1.62. The molecule has 12 heavy (non-hydrogen) atoms. The maximum absolute atomic E-state index is 4.30. The highest BCUT2D eigenvalue weighted by atomic mass is 79.9. The predicted molar refractivity (Wildman–Crippen MR) is 52.3 cm³/mol. The van der Waals surface area contributed by atoms with Gasteiger partial charge in [0.15, 0.2) is 0 Å². The van der Waals surface area contributed by atoms with E-state index < -0.39 is 0 Å². The van der Waals surface area contributed by atoms with Crippen LogP contribution >= 0.6 is 15.9 Å². The zero-order chi connectivity index (χ0) is 8.55. The Kier molecular flexibility index (Phi) is 1.89. The van der Waals surface area contributed by atoms with Gasteiger partial charge in [-0.1, -0.05) is 6.92 Å². The van der Waals surface area contributed by atoms with Gasteiger partial charge in [0.2, 0.25) is 0 Å². The number of pyridine rings is 1. The first-order valence-corrected chi connectivity index (χ1v) is 4.72. The summed E-state index contributed by atoms with van der Waals surface area (Å²) in [6.07, 6.45) is 5.04. The zero-order valence-corrected chi connectivity index (χ0v) is 8.37. The molecule has 0 aliphatic carbocycles. The highest BCUT2D eigenvalue weighted by Gasteiger charge is 1.97. The number of fused-ring (bicyclic) bond motifs is 1. The van der Waals surface area contributed by atoms with Gasteiger partial charge in [-0.15, -0.1) is 0 Å². The van der Waals surface area contributed by atoms with Gasteiger partial charge in [0.05, 0.1) is 0 Å². The molecule has 0 N–H and O–H groups in total. The molecular weight excluding hydrogens is 216 g/mol. The van der Waals surface area contributed by atoms with Crippen molar-refractivity contribution in [3.05, 3.63) is 34.7 Å². The monoisotopic (exact) mass is 224 g/mol. The second kappa shape index (κ2) is 2.90. The van der Waals surface area contributed by atoms with Gasteiger partial charge >= 0.3 is 0 Å². The molecule has 0 saturated heterocycles. The quantitative estimate of drug-likeness (QED) is 0.729. The van der Waals surface area contributed by atoms with Crippen LogP contribution in [0.3, 0.4) is 0 Å². The normalized spacial score (nSPS) is 10.8. The van der Waals surface area contributed by atoms with Crippen LogP contribution in [0.15, 0.2) is 29.1 Å². The first kappa shape index (κ1) is 7.80. The van der Waals surface area contributed by atoms with Crippen molar-refractivity contribution in [2.45, 2.75) is 13.3 Å². The van der Waals surface area contributed by atoms with Crippen LogP contribution in [0.2, 0.25) is 0 Å². The van der Waals surface area contributed by atoms with Gasteiger partial charge in [0, 0.05) is 12.4 Å². The van der Waals surface area contributed by atoms with Crippen LogP contribution in [-0.2, 0) is 6.42 Å². The molecule has 0 radical (unpaired) electrons. The lowest BCUT2D eigenvalue weighted by atomic mass is 10.2. The van der Waals surface area contributed by atoms with Crippen molar-refractivity contribution in [3.63, 3.8) is 0 Å². The van der Waals surface area contributed by atoms with E-state index in [1.165, 1.54) is 5.56 Å². The number of rotatable bonds is 1. The molecule has 3 heteroatoms. The van der Waals surface area contributed by atoms with Crippen molar-refractivity contribution in [1.29, 1.82) is 0 Å². The predicted octanol–water partition coefficient (Wildman–Crippen LogP) is 2.66. The average molecular weight is 225 g/mol. The van der Waals surface area contributed by atoms with Gasteiger partial charge in [-0.25, -0.2) is 4.98 Å². The molecule has 62 valence electrons. The minimum Gasteiger partial charge on any atom is -0.306 e. The molecule has 0 spiro atoms. The van der Waals surface area contributed by atoms with Gasteiger partial charge in [0.25, 0.3) is 0 Å². The molecule has 0 saturated carbocycles. The van der Waals surface area contributed by atoms with Crippen molar-refractivity contribution in [3.8, 4) is 0 Å². The summed E-state index contributed by atoms with van der Waals surface area (Å²) in [5, 5.41) is 0. The minimum atomic E-state index is 0.885. The van der Waals surface area contributed by atoms with E-state index >= 15 is 0 Å². The molecule has 2 aromatic heterocycles. The molecule has 0 bridgehead atoms. The van der Waals surface area contributed by atoms with E-state index in [1.807, 2.05) is 16.8 Å². The van der Waals surface area contributed by atoms with Crippen molar-refractivity contribution in [2.24, 2.45) is 0 Å².